The van der Waals surface area contributed by atoms with Crippen LogP contribution in [0.5, 0.6) is 0 Å². The summed E-state index contributed by atoms with van der Waals surface area (Å²) in [5, 5.41) is 4.60. The minimum atomic E-state index is 0.432. The first-order valence-corrected chi connectivity index (χ1v) is 7.91. The summed E-state index contributed by atoms with van der Waals surface area (Å²) in [4.78, 5) is 4.05. The van der Waals surface area contributed by atoms with Gasteiger partial charge in [0.15, 0.2) is 0 Å². The molecule has 0 aliphatic rings. The fraction of sp³-hybridized carbons (Fsp3) is 0.467. The number of nitrogen functional groups attached to an aromatic ring is 1. The Labute approximate surface area is 124 Å². The van der Waals surface area contributed by atoms with E-state index in [2.05, 4.69) is 28.5 Å². The molecule has 2 aromatic rings. The Kier molecular flexibility index (Phi) is 5.35. The third-order valence-electron chi connectivity index (χ3n) is 3.31. The van der Waals surface area contributed by atoms with E-state index in [1.165, 1.54) is 37.2 Å². The van der Waals surface area contributed by atoms with Gasteiger partial charge in [-0.2, -0.15) is 4.37 Å². The lowest BCUT2D eigenvalue weighted by Crippen LogP contribution is -2.14. The molecule has 3 N–H and O–H groups in total. The number of hydrogen-bond donors (Lipinski definition) is 2. The summed E-state index contributed by atoms with van der Waals surface area (Å²) in [6, 6.07) is 4.36. The van der Waals surface area contributed by atoms with Gasteiger partial charge in [-0.15, -0.1) is 0 Å². The number of anilines is 2. The van der Waals surface area contributed by atoms with E-state index in [0.717, 1.165) is 16.1 Å². The van der Waals surface area contributed by atoms with Crippen LogP contribution in [0.2, 0.25) is 0 Å². The van der Waals surface area contributed by atoms with Crippen molar-refractivity contribution in [1.29, 1.82) is 0 Å². The van der Waals surface area contributed by atoms with Gasteiger partial charge in [0.2, 0.25) is 0 Å². The molecule has 108 valence electrons. The number of nitrogens with two attached hydrogens (primary N) is 1. The third kappa shape index (κ3) is 3.70. The Morgan fingerprint density at radius 1 is 1.30 bits per heavy atom. The molecule has 1 unspecified atom stereocenters. The number of hydrogen-bond acceptors (Lipinski definition) is 5. The van der Waals surface area contributed by atoms with Crippen molar-refractivity contribution < 1.29 is 0 Å². The average molecular weight is 290 g/mol. The summed E-state index contributed by atoms with van der Waals surface area (Å²) in [7, 11) is 0. The van der Waals surface area contributed by atoms with E-state index >= 15 is 0 Å². The van der Waals surface area contributed by atoms with Crippen LogP contribution in [-0.2, 0) is 0 Å². The van der Waals surface area contributed by atoms with E-state index in [1.54, 1.807) is 12.4 Å². The molecule has 0 radical (unpaired) electrons. The van der Waals surface area contributed by atoms with Gasteiger partial charge in [-0.1, -0.05) is 26.2 Å². The van der Waals surface area contributed by atoms with Crippen molar-refractivity contribution in [3.8, 4) is 11.1 Å². The summed E-state index contributed by atoms with van der Waals surface area (Å²) in [6.45, 7) is 4.44. The number of nitrogens with zero attached hydrogens (tertiary/aromatic N) is 2. The standard InChI is InChI=1S/C15H22N4S/c1-3-4-5-6-11(2)18-15-13(14(16)19-20-15)12-7-9-17-10-8-12/h7-11,18H,3-6H2,1-2H3,(H2,16,19). The van der Waals surface area contributed by atoms with Crippen LogP contribution in [0.1, 0.15) is 39.5 Å². The number of aromatic nitrogens is 2. The Hall–Kier alpha value is -1.62. The SMILES string of the molecule is CCCCCC(C)Nc1snc(N)c1-c1ccncc1. The van der Waals surface area contributed by atoms with Crippen molar-refractivity contribution in [3.63, 3.8) is 0 Å². The lowest BCUT2D eigenvalue weighted by atomic mass is 10.1. The molecule has 0 saturated heterocycles. The lowest BCUT2D eigenvalue weighted by Gasteiger charge is -2.14. The number of nitrogens with one attached hydrogen (secondary N) is 1. The van der Waals surface area contributed by atoms with Gasteiger partial charge in [0.25, 0.3) is 0 Å². The molecule has 0 amide bonds. The fourth-order valence-corrected chi connectivity index (χ4v) is 3.04. The molecule has 2 rings (SSSR count). The molecule has 5 heteroatoms. The largest absolute Gasteiger partial charge is 0.382 e. The molecule has 2 aromatic heterocycles. The van der Waals surface area contributed by atoms with E-state index in [1.807, 2.05) is 12.1 Å². The Balaban J connectivity index is 2.10. The highest BCUT2D eigenvalue weighted by Crippen LogP contribution is 2.36. The van der Waals surface area contributed by atoms with Crippen LogP contribution < -0.4 is 11.1 Å². The molecule has 0 aliphatic carbocycles. The molecule has 0 saturated carbocycles. The van der Waals surface area contributed by atoms with E-state index in [0.29, 0.717) is 11.9 Å². The second-order valence-electron chi connectivity index (χ2n) is 5.05. The molecule has 0 bridgehead atoms. The predicted molar refractivity (Wildman–Crippen MR) is 87.0 cm³/mol. The van der Waals surface area contributed by atoms with Crippen LogP contribution in [-0.4, -0.2) is 15.4 Å². The third-order valence-corrected chi connectivity index (χ3v) is 4.10. The van der Waals surface area contributed by atoms with E-state index in [9.17, 15) is 0 Å². The summed E-state index contributed by atoms with van der Waals surface area (Å²) >= 11 is 1.43. The van der Waals surface area contributed by atoms with Crippen molar-refractivity contribution in [1.82, 2.24) is 9.36 Å². The normalized spacial score (nSPS) is 12.3. The molecule has 0 aromatic carbocycles. The van der Waals surface area contributed by atoms with Gasteiger partial charge in [-0.25, -0.2) is 0 Å². The predicted octanol–water partition coefficient (Wildman–Crippen LogP) is 4.17. The molecule has 20 heavy (non-hydrogen) atoms. The Bertz CT molecular complexity index is 524. The average Bonchev–Trinajstić information content (AvgIpc) is 2.81. The van der Waals surface area contributed by atoms with E-state index in [-0.39, 0.29) is 0 Å². The van der Waals surface area contributed by atoms with Crippen LogP contribution in [0, 0.1) is 0 Å². The van der Waals surface area contributed by atoms with Gasteiger partial charge in [-0.05, 0) is 42.6 Å². The fourth-order valence-electron chi connectivity index (χ4n) is 2.19. The molecular formula is C15H22N4S. The van der Waals surface area contributed by atoms with Crippen LogP contribution in [0.25, 0.3) is 11.1 Å². The lowest BCUT2D eigenvalue weighted by molar-refractivity contribution is 0.616. The van der Waals surface area contributed by atoms with Gasteiger partial charge in [0.05, 0.1) is 5.56 Å². The quantitative estimate of drug-likeness (QED) is 0.751. The summed E-state index contributed by atoms with van der Waals surface area (Å²) < 4.78 is 4.28. The molecular weight excluding hydrogens is 268 g/mol. The first-order chi connectivity index (χ1) is 9.72. The number of rotatable bonds is 7. The molecule has 1 atom stereocenters. The molecule has 0 spiro atoms. The van der Waals surface area contributed by atoms with Crippen molar-refractivity contribution in [2.24, 2.45) is 0 Å². The number of pyridine rings is 1. The summed E-state index contributed by atoms with van der Waals surface area (Å²) in [6.07, 6.45) is 8.52. The minimum absolute atomic E-state index is 0.432. The van der Waals surface area contributed by atoms with E-state index in [4.69, 9.17) is 5.73 Å². The summed E-state index contributed by atoms with van der Waals surface area (Å²) in [5.74, 6) is 0.587. The highest BCUT2D eigenvalue weighted by Gasteiger charge is 2.15. The highest BCUT2D eigenvalue weighted by atomic mass is 32.1. The maximum atomic E-state index is 6.01. The maximum absolute atomic E-state index is 6.01. The van der Waals surface area contributed by atoms with Crippen LogP contribution in [0.4, 0.5) is 10.8 Å². The van der Waals surface area contributed by atoms with Gasteiger partial charge < -0.3 is 11.1 Å². The Morgan fingerprint density at radius 3 is 2.75 bits per heavy atom. The highest BCUT2D eigenvalue weighted by molar-refractivity contribution is 7.11. The van der Waals surface area contributed by atoms with Crippen LogP contribution in [0.15, 0.2) is 24.5 Å². The van der Waals surface area contributed by atoms with Crippen LogP contribution >= 0.6 is 11.5 Å². The molecule has 2 heterocycles. The second-order valence-corrected chi connectivity index (χ2v) is 5.82. The monoisotopic (exact) mass is 290 g/mol. The molecule has 0 fully saturated rings. The van der Waals surface area contributed by atoms with Crippen molar-refractivity contribution in [3.05, 3.63) is 24.5 Å². The van der Waals surface area contributed by atoms with Gasteiger partial charge >= 0.3 is 0 Å². The zero-order valence-electron chi connectivity index (χ0n) is 12.1. The van der Waals surface area contributed by atoms with Crippen molar-refractivity contribution in [2.75, 3.05) is 11.1 Å². The zero-order chi connectivity index (χ0) is 14.4. The maximum Gasteiger partial charge on any atom is 0.147 e. The van der Waals surface area contributed by atoms with Crippen molar-refractivity contribution >= 4 is 22.4 Å². The van der Waals surface area contributed by atoms with Gasteiger partial charge in [0, 0.05) is 18.4 Å². The topological polar surface area (TPSA) is 63.8 Å². The first kappa shape index (κ1) is 14.8. The summed E-state index contributed by atoms with van der Waals surface area (Å²) in [5.41, 5.74) is 8.07. The molecule has 0 aliphatic heterocycles. The van der Waals surface area contributed by atoms with Crippen LogP contribution in [0.3, 0.4) is 0 Å². The smallest absolute Gasteiger partial charge is 0.147 e. The zero-order valence-corrected chi connectivity index (χ0v) is 12.9. The minimum Gasteiger partial charge on any atom is -0.382 e. The van der Waals surface area contributed by atoms with Gasteiger partial charge in [0.1, 0.15) is 10.8 Å². The Morgan fingerprint density at radius 2 is 2.05 bits per heavy atom. The van der Waals surface area contributed by atoms with E-state index < -0.39 is 0 Å². The van der Waals surface area contributed by atoms with Crippen molar-refractivity contribution in [2.45, 2.75) is 45.6 Å². The number of unbranched alkanes of at least 4 members (excludes halogenated alkanes) is 2. The first-order valence-electron chi connectivity index (χ1n) is 7.14. The second kappa shape index (κ2) is 7.24. The molecule has 4 nitrogen and oxygen atoms in total. The van der Waals surface area contributed by atoms with Gasteiger partial charge in [-0.3, -0.25) is 4.98 Å².